The second-order valence-electron chi connectivity index (χ2n) is 6.22. The summed E-state index contributed by atoms with van der Waals surface area (Å²) < 4.78 is 19.7. The summed E-state index contributed by atoms with van der Waals surface area (Å²) in [6.45, 7) is 4.36. The number of carbonyl (C=O) groups is 1. The summed E-state index contributed by atoms with van der Waals surface area (Å²) in [5.41, 5.74) is 2.39. The highest BCUT2D eigenvalue weighted by atomic mass is 19.1. The van der Waals surface area contributed by atoms with Gasteiger partial charge in [-0.3, -0.25) is 4.79 Å². The van der Waals surface area contributed by atoms with Crippen molar-refractivity contribution in [3.05, 3.63) is 53.0 Å². The summed E-state index contributed by atoms with van der Waals surface area (Å²) in [7, 11) is 1.79. The van der Waals surface area contributed by atoms with Gasteiger partial charge in [-0.25, -0.2) is 4.39 Å². The van der Waals surface area contributed by atoms with Crippen molar-refractivity contribution in [2.24, 2.45) is 0 Å². The van der Waals surface area contributed by atoms with Crippen molar-refractivity contribution >= 4 is 5.91 Å². The average Bonchev–Trinajstić information content (AvgIpc) is 2.53. The number of likely N-dealkylation sites (N-methyl/N-ethyl adjacent to an activating group) is 1. The van der Waals surface area contributed by atoms with Gasteiger partial charge >= 0.3 is 0 Å². The molecule has 0 aromatic heterocycles. The number of rotatable bonds is 3. The van der Waals surface area contributed by atoms with Gasteiger partial charge in [0.2, 0.25) is 0 Å². The van der Waals surface area contributed by atoms with E-state index in [2.05, 4.69) is 5.32 Å². The lowest BCUT2D eigenvalue weighted by Gasteiger charge is -2.36. The van der Waals surface area contributed by atoms with Gasteiger partial charge < -0.3 is 15.0 Å². The van der Waals surface area contributed by atoms with Crippen molar-refractivity contribution in [3.8, 4) is 5.75 Å². The van der Waals surface area contributed by atoms with Gasteiger partial charge in [0, 0.05) is 19.2 Å². The molecule has 3 rings (SSSR count). The van der Waals surface area contributed by atoms with Crippen LogP contribution in [0.5, 0.6) is 5.75 Å². The molecule has 2 aliphatic heterocycles. The Bertz CT molecular complexity index is 695. The molecule has 0 bridgehead atoms. The molecule has 4 nitrogen and oxygen atoms in total. The molecule has 1 N–H and O–H groups in total. The van der Waals surface area contributed by atoms with Gasteiger partial charge in [0.15, 0.2) is 11.6 Å². The van der Waals surface area contributed by atoms with E-state index < -0.39 is 5.82 Å². The van der Waals surface area contributed by atoms with Crippen LogP contribution in [0.15, 0.2) is 36.1 Å². The Hall–Kier alpha value is -2.30. The maximum absolute atomic E-state index is 14.2. The normalized spacial score (nSPS) is 20.2. The SMILES string of the molecule is CC(C)Oc1cc2c(cc1F)CC(C1=CC=CNC1)N(C)C2=O. The van der Waals surface area contributed by atoms with Gasteiger partial charge in [-0.2, -0.15) is 0 Å². The molecule has 0 spiro atoms. The predicted octanol–water partition coefficient (Wildman–Crippen LogP) is 2.65. The molecule has 0 radical (unpaired) electrons. The number of halogens is 1. The molecule has 1 unspecified atom stereocenters. The van der Waals surface area contributed by atoms with Gasteiger partial charge in [0.05, 0.1) is 12.1 Å². The van der Waals surface area contributed by atoms with E-state index in [0.717, 1.165) is 11.1 Å². The summed E-state index contributed by atoms with van der Waals surface area (Å²) in [5.74, 6) is -0.370. The third-order valence-electron chi connectivity index (χ3n) is 4.21. The Morgan fingerprint density at radius 1 is 1.39 bits per heavy atom. The van der Waals surface area contributed by atoms with Crippen molar-refractivity contribution < 1.29 is 13.9 Å². The molecule has 0 saturated heterocycles. The molecule has 1 aromatic rings. The zero-order valence-electron chi connectivity index (χ0n) is 13.6. The van der Waals surface area contributed by atoms with Crippen LogP contribution in [0.2, 0.25) is 0 Å². The molecule has 122 valence electrons. The monoisotopic (exact) mass is 316 g/mol. The molecule has 5 heteroatoms. The number of dihydropyridines is 1. The summed E-state index contributed by atoms with van der Waals surface area (Å²) in [4.78, 5) is 14.4. The molecule has 1 amide bonds. The van der Waals surface area contributed by atoms with E-state index >= 15 is 0 Å². The fourth-order valence-electron chi connectivity index (χ4n) is 3.07. The number of hydrogen-bond donors (Lipinski definition) is 1. The molecule has 0 aliphatic carbocycles. The smallest absolute Gasteiger partial charge is 0.254 e. The predicted molar refractivity (Wildman–Crippen MR) is 87.0 cm³/mol. The highest BCUT2D eigenvalue weighted by Gasteiger charge is 2.33. The number of allylic oxidation sites excluding steroid dienone is 2. The Morgan fingerprint density at radius 2 is 2.17 bits per heavy atom. The van der Waals surface area contributed by atoms with E-state index in [1.54, 1.807) is 11.9 Å². The van der Waals surface area contributed by atoms with Crippen molar-refractivity contribution in [2.75, 3.05) is 13.6 Å². The molecule has 2 heterocycles. The first-order valence-electron chi connectivity index (χ1n) is 7.82. The van der Waals surface area contributed by atoms with E-state index in [4.69, 9.17) is 4.74 Å². The van der Waals surface area contributed by atoms with E-state index in [1.165, 1.54) is 12.1 Å². The maximum atomic E-state index is 14.2. The molecular formula is C18H21FN2O2. The van der Waals surface area contributed by atoms with Gasteiger partial charge in [-0.1, -0.05) is 6.08 Å². The van der Waals surface area contributed by atoms with Crippen molar-refractivity contribution in [1.29, 1.82) is 0 Å². The van der Waals surface area contributed by atoms with Gasteiger partial charge in [0.25, 0.3) is 5.91 Å². The van der Waals surface area contributed by atoms with Crippen LogP contribution in [0.1, 0.15) is 29.8 Å². The first-order chi connectivity index (χ1) is 11.0. The third kappa shape index (κ3) is 2.96. The number of carbonyl (C=O) groups excluding carboxylic acids is 1. The first-order valence-corrected chi connectivity index (χ1v) is 7.82. The van der Waals surface area contributed by atoms with E-state index in [9.17, 15) is 9.18 Å². The van der Waals surface area contributed by atoms with Crippen LogP contribution in [0, 0.1) is 5.82 Å². The summed E-state index contributed by atoms with van der Waals surface area (Å²) in [6.07, 6.45) is 6.28. The lowest BCUT2D eigenvalue weighted by molar-refractivity contribution is 0.0729. The number of ether oxygens (including phenoxy) is 1. The van der Waals surface area contributed by atoms with Crippen LogP contribution in [0.4, 0.5) is 4.39 Å². The Balaban J connectivity index is 1.97. The minimum absolute atomic E-state index is 0.0521. The Kier molecular flexibility index (Phi) is 4.11. The van der Waals surface area contributed by atoms with Crippen LogP contribution in [0.25, 0.3) is 0 Å². The van der Waals surface area contributed by atoms with Crippen molar-refractivity contribution in [3.63, 3.8) is 0 Å². The van der Waals surface area contributed by atoms with E-state index in [-0.39, 0.29) is 23.8 Å². The Labute approximate surface area is 135 Å². The lowest BCUT2D eigenvalue weighted by atomic mass is 9.88. The highest BCUT2D eigenvalue weighted by Crippen LogP contribution is 2.31. The Morgan fingerprint density at radius 3 is 2.83 bits per heavy atom. The number of benzene rings is 1. The van der Waals surface area contributed by atoms with Crippen LogP contribution in [0.3, 0.4) is 0 Å². The van der Waals surface area contributed by atoms with Gasteiger partial charge in [0.1, 0.15) is 0 Å². The maximum Gasteiger partial charge on any atom is 0.254 e. The number of hydrogen-bond acceptors (Lipinski definition) is 3. The quantitative estimate of drug-likeness (QED) is 0.932. The molecule has 0 saturated carbocycles. The minimum atomic E-state index is -0.413. The molecule has 23 heavy (non-hydrogen) atoms. The van der Waals surface area contributed by atoms with E-state index in [1.807, 2.05) is 32.2 Å². The number of nitrogens with zero attached hydrogens (tertiary/aromatic N) is 1. The van der Waals surface area contributed by atoms with Gasteiger partial charge in [-0.05, 0) is 55.8 Å². The second kappa shape index (κ2) is 6.07. The molecule has 1 atom stereocenters. The number of fused-ring (bicyclic) bond motifs is 1. The molecule has 0 fully saturated rings. The highest BCUT2D eigenvalue weighted by molar-refractivity contribution is 5.97. The lowest BCUT2D eigenvalue weighted by Crippen LogP contribution is -2.45. The van der Waals surface area contributed by atoms with Crippen LogP contribution >= 0.6 is 0 Å². The average molecular weight is 316 g/mol. The standard InChI is InChI=1S/C18H21FN2O2/c1-11(2)23-17-9-14-13(7-15(17)19)8-16(21(3)18(14)22)12-5-4-6-20-10-12/h4-7,9,11,16,20H,8,10H2,1-3H3. The second-order valence-corrected chi connectivity index (χ2v) is 6.22. The fraction of sp³-hybridized carbons (Fsp3) is 0.389. The topological polar surface area (TPSA) is 41.6 Å². The molecule has 2 aliphatic rings. The third-order valence-corrected chi connectivity index (χ3v) is 4.21. The van der Waals surface area contributed by atoms with Crippen LogP contribution in [-0.4, -0.2) is 36.5 Å². The molecule has 1 aromatic carbocycles. The summed E-state index contributed by atoms with van der Waals surface area (Å²) in [6, 6.07) is 2.92. The minimum Gasteiger partial charge on any atom is -0.488 e. The largest absolute Gasteiger partial charge is 0.488 e. The summed E-state index contributed by atoms with van der Waals surface area (Å²) >= 11 is 0. The van der Waals surface area contributed by atoms with Crippen molar-refractivity contribution in [1.82, 2.24) is 10.2 Å². The zero-order chi connectivity index (χ0) is 16.6. The fourth-order valence-corrected chi connectivity index (χ4v) is 3.07. The number of amides is 1. The van der Waals surface area contributed by atoms with Crippen LogP contribution in [-0.2, 0) is 6.42 Å². The van der Waals surface area contributed by atoms with E-state index in [0.29, 0.717) is 18.5 Å². The zero-order valence-corrected chi connectivity index (χ0v) is 13.6. The molecular weight excluding hydrogens is 295 g/mol. The number of nitrogens with one attached hydrogen (secondary N) is 1. The van der Waals surface area contributed by atoms with Crippen molar-refractivity contribution in [2.45, 2.75) is 32.4 Å². The first kappa shape index (κ1) is 15.6. The van der Waals surface area contributed by atoms with Crippen LogP contribution < -0.4 is 10.1 Å². The summed E-state index contributed by atoms with van der Waals surface area (Å²) in [5, 5.41) is 3.15. The van der Waals surface area contributed by atoms with Gasteiger partial charge in [-0.15, -0.1) is 0 Å².